The molecule has 0 saturated carbocycles. The van der Waals surface area contributed by atoms with Crippen molar-refractivity contribution in [1.29, 1.82) is 0 Å². The summed E-state index contributed by atoms with van der Waals surface area (Å²) in [6, 6.07) is 6.54. The summed E-state index contributed by atoms with van der Waals surface area (Å²) in [6.45, 7) is 6.27. The minimum Gasteiger partial charge on any atom is -0.485 e. The standard InChI is InChI=1S/C13H18O4S/c1-4-18(14,15)11-7-5-10(6-8-11)17-13(2,3)12-9-16-12/h5-8,12H,4,9H2,1-3H3. The van der Waals surface area contributed by atoms with Crippen LogP contribution in [0.5, 0.6) is 5.75 Å². The van der Waals surface area contributed by atoms with Crippen LogP contribution in [0.3, 0.4) is 0 Å². The maximum absolute atomic E-state index is 11.7. The van der Waals surface area contributed by atoms with E-state index in [1.54, 1.807) is 31.2 Å². The topological polar surface area (TPSA) is 55.9 Å². The number of hydrogen-bond acceptors (Lipinski definition) is 4. The molecule has 0 aromatic heterocycles. The molecule has 1 heterocycles. The van der Waals surface area contributed by atoms with E-state index in [-0.39, 0.29) is 17.5 Å². The number of epoxide rings is 1. The van der Waals surface area contributed by atoms with Gasteiger partial charge >= 0.3 is 0 Å². The maximum atomic E-state index is 11.7. The van der Waals surface area contributed by atoms with Crippen LogP contribution in [0.15, 0.2) is 29.2 Å². The average molecular weight is 270 g/mol. The van der Waals surface area contributed by atoms with E-state index in [0.29, 0.717) is 10.6 Å². The molecule has 100 valence electrons. The minimum atomic E-state index is -3.14. The summed E-state index contributed by atoms with van der Waals surface area (Å²) in [5, 5.41) is 0. The third-order valence-electron chi connectivity index (χ3n) is 3.05. The highest BCUT2D eigenvalue weighted by atomic mass is 32.2. The summed E-state index contributed by atoms with van der Waals surface area (Å²) >= 11 is 0. The van der Waals surface area contributed by atoms with E-state index < -0.39 is 9.84 Å². The zero-order chi connectivity index (χ0) is 13.4. The van der Waals surface area contributed by atoms with Crippen molar-refractivity contribution < 1.29 is 17.9 Å². The minimum absolute atomic E-state index is 0.106. The fourth-order valence-electron chi connectivity index (χ4n) is 1.70. The van der Waals surface area contributed by atoms with E-state index in [0.717, 1.165) is 6.61 Å². The van der Waals surface area contributed by atoms with Crippen LogP contribution < -0.4 is 4.74 Å². The summed E-state index contributed by atoms with van der Waals surface area (Å²) in [4.78, 5) is 0.331. The van der Waals surface area contributed by atoms with E-state index >= 15 is 0 Å². The summed E-state index contributed by atoms with van der Waals surface area (Å²) in [5.74, 6) is 0.764. The molecule has 1 atom stereocenters. The van der Waals surface area contributed by atoms with Crippen LogP contribution in [-0.4, -0.2) is 32.5 Å². The van der Waals surface area contributed by atoms with Crippen molar-refractivity contribution in [2.75, 3.05) is 12.4 Å². The molecule has 1 aromatic carbocycles. The molecule has 0 spiro atoms. The van der Waals surface area contributed by atoms with Crippen molar-refractivity contribution >= 4 is 9.84 Å². The van der Waals surface area contributed by atoms with Gasteiger partial charge in [-0.2, -0.15) is 0 Å². The second kappa shape index (κ2) is 4.55. The molecule has 1 aliphatic heterocycles. The first-order valence-electron chi connectivity index (χ1n) is 5.98. The number of rotatable bonds is 5. The van der Waals surface area contributed by atoms with Gasteiger partial charge in [-0.25, -0.2) is 8.42 Å². The molecule has 1 unspecified atom stereocenters. The average Bonchev–Trinajstić information content (AvgIpc) is 3.13. The van der Waals surface area contributed by atoms with Gasteiger partial charge in [0.25, 0.3) is 0 Å². The van der Waals surface area contributed by atoms with Gasteiger partial charge in [0.05, 0.1) is 17.3 Å². The molecule has 4 nitrogen and oxygen atoms in total. The Kier molecular flexibility index (Phi) is 3.38. The Hall–Kier alpha value is -1.07. The van der Waals surface area contributed by atoms with E-state index in [2.05, 4.69) is 0 Å². The molecule has 0 radical (unpaired) electrons. The first-order chi connectivity index (χ1) is 8.35. The number of sulfone groups is 1. The first kappa shape index (κ1) is 13.4. The van der Waals surface area contributed by atoms with Gasteiger partial charge in [-0.1, -0.05) is 6.92 Å². The smallest absolute Gasteiger partial charge is 0.178 e. The van der Waals surface area contributed by atoms with Gasteiger partial charge in [0, 0.05) is 0 Å². The third-order valence-corrected chi connectivity index (χ3v) is 4.80. The van der Waals surface area contributed by atoms with Crippen LogP contribution in [0.1, 0.15) is 20.8 Å². The lowest BCUT2D eigenvalue weighted by molar-refractivity contribution is 0.0743. The van der Waals surface area contributed by atoms with E-state index in [1.807, 2.05) is 13.8 Å². The Labute approximate surface area is 108 Å². The van der Waals surface area contributed by atoms with Gasteiger partial charge in [0.1, 0.15) is 17.5 Å². The summed E-state index contributed by atoms with van der Waals surface area (Å²) in [6.07, 6.45) is 0.122. The lowest BCUT2D eigenvalue weighted by atomic mass is 10.1. The van der Waals surface area contributed by atoms with Crippen LogP contribution in [-0.2, 0) is 14.6 Å². The molecule has 1 saturated heterocycles. The van der Waals surface area contributed by atoms with Crippen molar-refractivity contribution in [2.24, 2.45) is 0 Å². The van der Waals surface area contributed by atoms with E-state index in [1.165, 1.54) is 0 Å². The molecule has 2 rings (SSSR count). The van der Waals surface area contributed by atoms with Crippen LogP contribution >= 0.6 is 0 Å². The molecular formula is C13H18O4S. The summed E-state index contributed by atoms with van der Waals surface area (Å²) < 4.78 is 34.3. The summed E-state index contributed by atoms with van der Waals surface area (Å²) in [5.41, 5.74) is -0.384. The number of ether oxygens (including phenoxy) is 2. The van der Waals surface area contributed by atoms with Crippen molar-refractivity contribution in [3.8, 4) is 5.75 Å². The zero-order valence-corrected chi connectivity index (χ0v) is 11.7. The molecule has 1 aliphatic rings. The van der Waals surface area contributed by atoms with Crippen molar-refractivity contribution in [2.45, 2.75) is 37.4 Å². The van der Waals surface area contributed by atoms with Crippen molar-refractivity contribution in [1.82, 2.24) is 0 Å². The summed E-state index contributed by atoms with van der Waals surface area (Å²) in [7, 11) is -3.14. The Morgan fingerprint density at radius 2 is 1.89 bits per heavy atom. The second-order valence-corrected chi connectivity index (χ2v) is 7.18. The van der Waals surface area contributed by atoms with E-state index in [4.69, 9.17) is 9.47 Å². The Bertz CT molecular complexity index is 512. The number of benzene rings is 1. The number of hydrogen-bond donors (Lipinski definition) is 0. The molecule has 1 aromatic rings. The molecule has 0 amide bonds. The quantitative estimate of drug-likeness (QED) is 0.768. The monoisotopic (exact) mass is 270 g/mol. The molecule has 1 fully saturated rings. The van der Waals surface area contributed by atoms with Gasteiger partial charge < -0.3 is 9.47 Å². The fraction of sp³-hybridized carbons (Fsp3) is 0.538. The lowest BCUT2D eigenvalue weighted by Crippen LogP contribution is -2.34. The highest BCUT2D eigenvalue weighted by molar-refractivity contribution is 7.91. The van der Waals surface area contributed by atoms with Crippen LogP contribution in [0.25, 0.3) is 0 Å². The van der Waals surface area contributed by atoms with E-state index in [9.17, 15) is 8.42 Å². The van der Waals surface area contributed by atoms with Gasteiger partial charge in [0.2, 0.25) is 0 Å². The highest BCUT2D eigenvalue weighted by Crippen LogP contribution is 2.30. The van der Waals surface area contributed by atoms with Crippen LogP contribution in [0.2, 0.25) is 0 Å². The normalized spacial score (nSPS) is 19.6. The van der Waals surface area contributed by atoms with Gasteiger partial charge in [-0.05, 0) is 38.1 Å². The maximum Gasteiger partial charge on any atom is 0.178 e. The Balaban J connectivity index is 2.13. The van der Waals surface area contributed by atoms with Crippen LogP contribution in [0.4, 0.5) is 0 Å². The Morgan fingerprint density at radius 3 is 2.33 bits per heavy atom. The zero-order valence-electron chi connectivity index (χ0n) is 10.8. The van der Waals surface area contributed by atoms with Gasteiger partial charge in [-0.15, -0.1) is 0 Å². The molecule has 18 heavy (non-hydrogen) atoms. The van der Waals surface area contributed by atoms with Gasteiger partial charge in [-0.3, -0.25) is 0 Å². The second-order valence-electron chi connectivity index (χ2n) is 4.90. The van der Waals surface area contributed by atoms with Crippen molar-refractivity contribution in [3.63, 3.8) is 0 Å². The molecule has 0 N–H and O–H groups in total. The lowest BCUT2D eigenvalue weighted by Gasteiger charge is -2.24. The molecule has 0 aliphatic carbocycles. The third kappa shape index (κ3) is 2.84. The largest absolute Gasteiger partial charge is 0.485 e. The predicted octanol–water partition coefficient (Wildman–Crippen LogP) is 2.04. The molecule has 5 heteroatoms. The SMILES string of the molecule is CCS(=O)(=O)c1ccc(OC(C)(C)C2CO2)cc1. The predicted molar refractivity (Wildman–Crippen MR) is 68.6 cm³/mol. The highest BCUT2D eigenvalue weighted by Gasteiger charge is 2.41. The molecular weight excluding hydrogens is 252 g/mol. The first-order valence-corrected chi connectivity index (χ1v) is 7.64. The Morgan fingerprint density at radius 1 is 1.33 bits per heavy atom. The molecule has 0 bridgehead atoms. The van der Waals surface area contributed by atoms with Gasteiger partial charge in [0.15, 0.2) is 9.84 Å². The fourth-order valence-corrected chi connectivity index (χ4v) is 2.58. The van der Waals surface area contributed by atoms with Crippen molar-refractivity contribution in [3.05, 3.63) is 24.3 Å². The van der Waals surface area contributed by atoms with Crippen LogP contribution in [0, 0.1) is 0 Å².